The van der Waals surface area contributed by atoms with Crippen molar-refractivity contribution in [3.63, 3.8) is 0 Å². The van der Waals surface area contributed by atoms with Crippen LogP contribution in [0.4, 0.5) is 5.82 Å². The van der Waals surface area contributed by atoms with Crippen molar-refractivity contribution in [1.29, 1.82) is 0 Å². The smallest absolute Gasteiger partial charge is 0.277 e. The molecule has 32 heavy (non-hydrogen) atoms. The van der Waals surface area contributed by atoms with Crippen molar-refractivity contribution < 1.29 is 18.9 Å². The lowest BCUT2D eigenvalue weighted by Gasteiger charge is -2.15. The zero-order valence-electron chi connectivity index (χ0n) is 17.1. The van der Waals surface area contributed by atoms with E-state index in [-0.39, 0.29) is 23.9 Å². The van der Waals surface area contributed by atoms with E-state index in [4.69, 9.17) is 26.8 Å². The largest absolute Gasteiger partial charge is 0.493 e. The monoisotopic (exact) mass is 545 g/mol. The maximum Gasteiger partial charge on any atom is 0.277 e. The first-order chi connectivity index (χ1) is 15.0. The predicted octanol–water partition coefficient (Wildman–Crippen LogP) is 3.60. The molecule has 0 saturated heterocycles. The minimum Gasteiger partial charge on any atom is -0.493 e. The average Bonchev–Trinajstić information content (AvgIpc) is 3.19. The molecule has 0 unspecified atom stereocenters. The van der Waals surface area contributed by atoms with E-state index in [1.807, 2.05) is 36.4 Å². The summed E-state index contributed by atoms with van der Waals surface area (Å²) < 4.78 is 16.6. The van der Waals surface area contributed by atoms with Crippen molar-refractivity contribution in [3.8, 4) is 11.5 Å². The molecule has 0 aliphatic carbocycles. The average molecular weight is 547 g/mol. The van der Waals surface area contributed by atoms with Crippen LogP contribution in [-0.4, -0.2) is 36.4 Å². The highest BCUT2D eigenvalue weighted by Gasteiger charge is 2.15. The summed E-state index contributed by atoms with van der Waals surface area (Å²) in [7, 11) is 1.59. The van der Waals surface area contributed by atoms with Crippen LogP contribution >= 0.6 is 39.9 Å². The number of nitrogens with zero attached hydrogens (tertiary/aromatic N) is 2. The van der Waals surface area contributed by atoms with Crippen LogP contribution in [0, 0.1) is 0 Å². The lowest BCUT2D eigenvalue weighted by Crippen LogP contribution is -2.32. The Hall–Kier alpha value is -2.53. The third-order valence-electron chi connectivity index (χ3n) is 4.23. The van der Waals surface area contributed by atoms with E-state index in [1.165, 1.54) is 0 Å². The number of rotatable bonds is 10. The molecule has 1 heterocycles. The summed E-state index contributed by atoms with van der Waals surface area (Å²) in [6, 6.07) is 11.3. The maximum absolute atomic E-state index is 11.9. The zero-order chi connectivity index (χ0) is 22.2. The Kier molecular flexibility index (Phi) is 10.0. The number of benzene rings is 2. The molecule has 0 radical (unpaired) electrons. The number of carbonyl (C=O) groups excluding carboxylic acids is 1. The van der Waals surface area contributed by atoms with Crippen molar-refractivity contribution in [2.45, 2.75) is 13.2 Å². The SMILES string of the molecule is COc1cc(CNCCNC(=O)c2nonc2N)cc(Br)c1OCc1ccc(Cl)cc1.Cl. The van der Waals surface area contributed by atoms with Gasteiger partial charge in [0.25, 0.3) is 5.91 Å². The molecule has 3 rings (SSSR count). The molecule has 12 heteroatoms. The quantitative estimate of drug-likeness (QED) is 0.329. The fraction of sp³-hybridized carbons (Fsp3) is 0.250. The van der Waals surface area contributed by atoms with Crippen LogP contribution in [0.25, 0.3) is 0 Å². The van der Waals surface area contributed by atoms with Gasteiger partial charge in [0, 0.05) is 24.7 Å². The van der Waals surface area contributed by atoms with Gasteiger partial charge >= 0.3 is 0 Å². The number of methoxy groups -OCH3 is 1. The van der Waals surface area contributed by atoms with Gasteiger partial charge in [-0.05, 0) is 61.6 Å². The van der Waals surface area contributed by atoms with E-state index in [2.05, 4.69) is 41.5 Å². The Balaban J connectivity index is 0.00000363. The molecule has 0 aliphatic heterocycles. The number of halogens is 3. The Bertz CT molecular complexity index is 1030. The molecule has 9 nitrogen and oxygen atoms in total. The second kappa shape index (κ2) is 12.5. The summed E-state index contributed by atoms with van der Waals surface area (Å²) in [5, 5.41) is 13.4. The molecule has 4 N–H and O–H groups in total. The van der Waals surface area contributed by atoms with Crippen LogP contribution in [0.5, 0.6) is 11.5 Å². The first kappa shape index (κ1) is 25.7. The predicted molar refractivity (Wildman–Crippen MR) is 126 cm³/mol. The van der Waals surface area contributed by atoms with Crippen LogP contribution < -0.4 is 25.8 Å². The highest BCUT2D eigenvalue weighted by molar-refractivity contribution is 9.10. The highest BCUT2D eigenvalue weighted by Crippen LogP contribution is 2.37. The standard InChI is InChI=1S/C20H21BrClN5O4.ClH/c1-29-16-9-13(10-24-6-7-25-20(28)17-19(23)27-31-26-17)8-15(21)18(16)30-11-12-2-4-14(22)5-3-12;/h2-5,8-9,24H,6-7,10-11H2,1H3,(H2,23,27)(H,25,28);1H. The number of amides is 1. The second-order valence-electron chi connectivity index (χ2n) is 6.45. The number of hydrogen-bond acceptors (Lipinski definition) is 8. The molecule has 2 aromatic carbocycles. The Morgan fingerprint density at radius 2 is 1.94 bits per heavy atom. The number of ether oxygens (including phenoxy) is 2. The van der Waals surface area contributed by atoms with Gasteiger partial charge in [-0.3, -0.25) is 4.79 Å². The third kappa shape index (κ3) is 6.99. The van der Waals surface area contributed by atoms with Gasteiger partial charge in [0.05, 0.1) is 11.6 Å². The zero-order valence-corrected chi connectivity index (χ0v) is 20.2. The summed E-state index contributed by atoms with van der Waals surface area (Å²) >= 11 is 9.47. The molecule has 0 spiro atoms. The number of nitrogens with two attached hydrogens (primary N) is 1. The van der Waals surface area contributed by atoms with Crippen LogP contribution in [0.3, 0.4) is 0 Å². The second-order valence-corrected chi connectivity index (χ2v) is 7.75. The van der Waals surface area contributed by atoms with Crippen LogP contribution in [0.15, 0.2) is 45.5 Å². The van der Waals surface area contributed by atoms with E-state index in [0.717, 1.165) is 15.6 Å². The number of anilines is 1. The molecule has 1 amide bonds. The molecule has 172 valence electrons. The summed E-state index contributed by atoms with van der Waals surface area (Å²) in [6.07, 6.45) is 0. The van der Waals surface area contributed by atoms with Crippen molar-refractivity contribution >= 4 is 51.7 Å². The Labute approximate surface area is 204 Å². The minimum atomic E-state index is -0.438. The van der Waals surface area contributed by atoms with Gasteiger partial charge < -0.3 is 25.8 Å². The molecule has 0 bridgehead atoms. The number of hydrogen-bond donors (Lipinski definition) is 3. The Morgan fingerprint density at radius 1 is 1.19 bits per heavy atom. The lowest BCUT2D eigenvalue weighted by molar-refractivity contribution is 0.0944. The van der Waals surface area contributed by atoms with Gasteiger partial charge in [0.1, 0.15) is 6.61 Å². The molecular weight excluding hydrogens is 525 g/mol. The van der Waals surface area contributed by atoms with Gasteiger partial charge in [-0.2, -0.15) is 0 Å². The summed E-state index contributed by atoms with van der Waals surface area (Å²) in [4.78, 5) is 11.9. The first-order valence-corrected chi connectivity index (χ1v) is 10.5. The molecule has 0 saturated carbocycles. The molecule has 0 atom stereocenters. The van der Waals surface area contributed by atoms with Gasteiger partial charge in [0.2, 0.25) is 11.5 Å². The number of nitrogen functional groups attached to an aromatic ring is 1. The minimum absolute atomic E-state index is 0. The van der Waals surface area contributed by atoms with Gasteiger partial charge in [0.15, 0.2) is 11.5 Å². The number of carbonyl (C=O) groups is 1. The van der Waals surface area contributed by atoms with Crippen molar-refractivity contribution in [3.05, 3.63) is 62.7 Å². The van der Waals surface area contributed by atoms with Crippen LogP contribution in [0.1, 0.15) is 21.6 Å². The summed E-state index contributed by atoms with van der Waals surface area (Å²) in [5.41, 5.74) is 7.44. The van der Waals surface area contributed by atoms with Crippen LogP contribution in [0.2, 0.25) is 5.02 Å². The maximum atomic E-state index is 11.9. The van der Waals surface area contributed by atoms with E-state index in [9.17, 15) is 4.79 Å². The van der Waals surface area contributed by atoms with E-state index in [1.54, 1.807) is 7.11 Å². The van der Waals surface area contributed by atoms with Crippen molar-refractivity contribution in [2.24, 2.45) is 0 Å². The fourth-order valence-corrected chi connectivity index (χ4v) is 3.42. The third-order valence-corrected chi connectivity index (χ3v) is 5.07. The fourth-order valence-electron chi connectivity index (χ4n) is 2.69. The molecule has 0 fully saturated rings. The lowest BCUT2D eigenvalue weighted by atomic mass is 10.2. The van der Waals surface area contributed by atoms with Gasteiger partial charge in [-0.25, -0.2) is 4.63 Å². The van der Waals surface area contributed by atoms with E-state index in [0.29, 0.717) is 42.8 Å². The molecule has 3 aromatic rings. The molecular formula is C20H22BrCl2N5O4. The number of nitrogens with one attached hydrogen (secondary N) is 2. The molecule has 0 aliphatic rings. The number of aromatic nitrogens is 2. The normalized spacial score (nSPS) is 10.3. The topological polar surface area (TPSA) is 125 Å². The summed E-state index contributed by atoms with van der Waals surface area (Å²) in [5.74, 6) is 0.752. The Morgan fingerprint density at radius 3 is 2.59 bits per heavy atom. The van der Waals surface area contributed by atoms with Gasteiger partial charge in [-0.15, -0.1) is 12.4 Å². The highest BCUT2D eigenvalue weighted by atomic mass is 79.9. The van der Waals surface area contributed by atoms with Crippen molar-refractivity contribution in [2.75, 3.05) is 25.9 Å². The van der Waals surface area contributed by atoms with E-state index < -0.39 is 5.91 Å². The molecule has 1 aromatic heterocycles. The van der Waals surface area contributed by atoms with Crippen LogP contribution in [-0.2, 0) is 13.2 Å². The summed E-state index contributed by atoms with van der Waals surface area (Å²) in [6.45, 7) is 1.86. The van der Waals surface area contributed by atoms with E-state index >= 15 is 0 Å². The first-order valence-electron chi connectivity index (χ1n) is 9.28. The van der Waals surface area contributed by atoms with Gasteiger partial charge in [-0.1, -0.05) is 23.7 Å². The van der Waals surface area contributed by atoms with Crippen molar-refractivity contribution in [1.82, 2.24) is 20.9 Å².